The molecule has 2 aliphatic rings. The van der Waals surface area contributed by atoms with Crippen molar-refractivity contribution < 1.29 is 9.53 Å². The van der Waals surface area contributed by atoms with Gasteiger partial charge in [-0.25, -0.2) is 9.48 Å². The molecule has 1 aromatic carbocycles. The van der Waals surface area contributed by atoms with Crippen LogP contribution in [0.2, 0.25) is 5.02 Å². The number of carbonyl (C=O) groups excluding carboxylic acids is 1. The summed E-state index contributed by atoms with van der Waals surface area (Å²) < 4.78 is 8.87. The fraction of sp³-hybridized carbons (Fsp3) is 0.421. The predicted octanol–water partition coefficient (Wildman–Crippen LogP) is 2.02. The van der Waals surface area contributed by atoms with Gasteiger partial charge in [0.15, 0.2) is 0 Å². The summed E-state index contributed by atoms with van der Waals surface area (Å²) in [4.78, 5) is 24.6. The second-order valence-electron chi connectivity index (χ2n) is 6.78. The number of carbonyl (C=O) groups is 1. The van der Waals surface area contributed by atoms with Gasteiger partial charge in [0.1, 0.15) is 18.2 Å². The summed E-state index contributed by atoms with van der Waals surface area (Å²) >= 11 is 5.99. The third-order valence-corrected chi connectivity index (χ3v) is 5.08. The van der Waals surface area contributed by atoms with E-state index in [2.05, 4.69) is 10.4 Å². The highest BCUT2D eigenvalue weighted by atomic mass is 35.5. The fourth-order valence-corrected chi connectivity index (χ4v) is 3.60. The first-order valence-corrected chi connectivity index (χ1v) is 9.57. The molecule has 0 atom stereocenters. The van der Waals surface area contributed by atoms with Gasteiger partial charge in [-0.15, -0.1) is 0 Å². The Morgan fingerprint density at radius 3 is 3.07 bits per heavy atom. The number of ether oxygens (including phenoxy) is 1. The smallest absolute Gasteiger partial charge is 0.345 e. The van der Waals surface area contributed by atoms with Gasteiger partial charge in [0.2, 0.25) is 0 Å². The van der Waals surface area contributed by atoms with E-state index in [-0.39, 0.29) is 18.2 Å². The SMILES string of the molecule is O=C(NCCCn1nc2n(c1=O)CCCC2)C1=Cc2cc(Cl)ccc2OC1. The molecule has 1 amide bonds. The summed E-state index contributed by atoms with van der Waals surface area (Å²) in [5, 5.41) is 7.88. The van der Waals surface area contributed by atoms with Crippen LogP contribution >= 0.6 is 11.6 Å². The van der Waals surface area contributed by atoms with Gasteiger partial charge in [-0.3, -0.25) is 9.36 Å². The van der Waals surface area contributed by atoms with E-state index >= 15 is 0 Å². The average Bonchev–Trinajstić information content (AvgIpc) is 3.00. The number of nitrogens with one attached hydrogen (secondary N) is 1. The molecule has 1 aromatic heterocycles. The van der Waals surface area contributed by atoms with Crippen LogP contribution in [0.3, 0.4) is 0 Å². The Kier molecular flexibility index (Phi) is 5.03. The molecule has 0 saturated carbocycles. The van der Waals surface area contributed by atoms with Crippen LogP contribution in [0, 0.1) is 0 Å². The largest absolute Gasteiger partial charge is 0.488 e. The monoisotopic (exact) mass is 388 g/mol. The Morgan fingerprint density at radius 2 is 2.22 bits per heavy atom. The van der Waals surface area contributed by atoms with Crippen LogP contribution in [0.25, 0.3) is 6.08 Å². The molecule has 0 aliphatic carbocycles. The molecule has 2 aliphatic heterocycles. The first kappa shape index (κ1) is 17.9. The van der Waals surface area contributed by atoms with Crippen molar-refractivity contribution in [2.45, 2.75) is 38.8 Å². The van der Waals surface area contributed by atoms with E-state index in [4.69, 9.17) is 16.3 Å². The molecule has 8 heteroatoms. The highest BCUT2D eigenvalue weighted by Crippen LogP contribution is 2.28. The Labute approximate surface area is 161 Å². The molecule has 4 rings (SSSR count). The number of nitrogens with zero attached hydrogens (tertiary/aromatic N) is 3. The van der Waals surface area contributed by atoms with Crippen molar-refractivity contribution in [3.63, 3.8) is 0 Å². The summed E-state index contributed by atoms with van der Waals surface area (Å²) in [6, 6.07) is 5.33. The number of aromatic nitrogens is 3. The number of benzene rings is 1. The third kappa shape index (κ3) is 3.78. The Morgan fingerprint density at radius 1 is 1.33 bits per heavy atom. The van der Waals surface area contributed by atoms with Crippen LogP contribution < -0.4 is 15.7 Å². The molecule has 0 spiro atoms. The van der Waals surface area contributed by atoms with Gasteiger partial charge in [-0.05, 0) is 43.5 Å². The first-order valence-electron chi connectivity index (χ1n) is 9.19. The van der Waals surface area contributed by atoms with Crippen LogP contribution in [-0.2, 0) is 24.3 Å². The van der Waals surface area contributed by atoms with Crippen molar-refractivity contribution >= 4 is 23.6 Å². The molecule has 3 heterocycles. The minimum Gasteiger partial charge on any atom is -0.488 e. The van der Waals surface area contributed by atoms with E-state index in [9.17, 15) is 9.59 Å². The van der Waals surface area contributed by atoms with Crippen LogP contribution in [0.1, 0.15) is 30.7 Å². The lowest BCUT2D eigenvalue weighted by Gasteiger charge is -2.17. The van der Waals surface area contributed by atoms with E-state index in [1.807, 2.05) is 0 Å². The zero-order valence-corrected chi connectivity index (χ0v) is 15.7. The van der Waals surface area contributed by atoms with Gasteiger partial charge in [0, 0.05) is 36.6 Å². The number of halogens is 1. The normalized spacial score (nSPS) is 15.4. The van der Waals surface area contributed by atoms with E-state index in [1.165, 1.54) is 4.68 Å². The van der Waals surface area contributed by atoms with Crippen molar-refractivity contribution in [1.82, 2.24) is 19.7 Å². The number of hydrogen-bond acceptors (Lipinski definition) is 4. The first-order chi connectivity index (χ1) is 13.1. The van der Waals surface area contributed by atoms with E-state index < -0.39 is 0 Å². The second-order valence-corrected chi connectivity index (χ2v) is 7.22. The minimum atomic E-state index is -0.169. The molecule has 0 bridgehead atoms. The number of aryl methyl sites for hydroxylation is 2. The molecule has 142 valence electrons. The summed E-state index contributed by atoms with van der Waals surface area (Å²) in [5.41, 5.74) is 1.31. The van der Waals surface area contributed by atoms with Gasteiger partial charge in [-0.1, -0.05) is 11.6 Å². The lowest BCUT2D eigenvalue weighted by Crippen LogP contribution is -2.31. The number of amides is 1. The molecular formula is C19H21ClN4O3. The van der Waals surface area contributed by atoms with Crippen molar-refractivity contribution in [2.75, 3.05) is 13.2 Å². The van der Waals surface area contributed by atoms with Gasteiger partial charge >= 0.3 is 5.69 Å². The summed E-state index contributed by atoms with van der Waals surface area (Å²) in [5.74, 6) is 1.42. The van der Waals surface area contributed by atoms with Gasteiger partial charge in [0.25, 0.3) is 5.91 Å². The van der Waals surface area contributed by atoms with Crippen LogP contribution in [-0.4, -0.2) is 33.4 Å². The quantitative estimate of drug-likeness (QED) is 0.795. The molecule has 27 heavy (non-hydrogen) atoms. The lowest BCUT2D eigenvalue weighted by molar-refractivity contribution is -0.117. The maximum atomic E-state index is 12.3. The maximum absolute atomic E-state index is 12.3. The Balaban J connectivity index is 1.32. The molecule has 0 fully saturated rings. The van der Waals surface area contributed by atoms with Gasteiger partial charge < -0.3 is 10.1 Å². The summed E-state index contributed by atoms with van der Waals surface area (Å²) in [6.07, 6.45) is 5.41. The highest BCUT2D eigenvalue weighted by molar-refractivity contribution is 6.30. The summed E-state index contributed by atoms with van der Waals surface area (Å²) in [6.45, 7) is 1.94. The summed E-state index contributed by atoms with van der Waals surface area (Å²) in [7, 11) is 0. The van der Waals surface area contributed by atoms with Gasteiger partial charge in [-0.2, -0.15) is 5.10 Å². The lowest BCUT2D eigenvalue weighted by atomic mass is 10.1. The average molecular weight is 389 g/mol. The number of rotatable bonds is 5. The topological polar surface area (TPSA) is 78.2 Å². The van der Waals surface area contributed by atoms with Crippen molar-refractivity contribution in [3.8, 4) is 5.75 Å². The molecule has 7 nitrogen and oxygen atoms in total. The Bertz CT molecular complexity index is 960. The van der Waals surface area contributed by atoms with Crippen molar-refractivity contribution in [1.29, 1.82) is 0 Å². The van der Waals surface area contributed by atoms with Crippen molar-refractivity contribution in [3.05, 3.63) is 50.7 Å². The van der Waals surface area contributed by atoms with Gasteiger partial charge in [0.05, 0.1) is 5.57 Å². The van der Waals surface area contributed by atoms with E-state index in [0.717, 1.165) is 42.9 Å². The molecule has 0 saturated heterocycles. The second kappa shape index (κ2) is 7.60. The zero-order valence-electron chi connectivity index (χ0n) is 14.9. The zero-order chi connectivity index (χ0) is 18.8. The van der Waals surface area contributed by atoms with Crippen LogP contribution in [0.4, 0.5) is 0 Å². The fourth-order valence-electron chi connectivity index (χ4n) is 3.42. The highest BCUT2D eigenvalue weighted by Gasteiger charge is 2.18. The van der Waals surface area contributed by atoms with E-state index in [0.29, 0.717) is 30.1 Å². The molecule has 0 radical (unpaired) electrons. The standard InChI is InChI=1S/C19H21ClN4O3/c20-15-5-6-16-13(11-15)10-14(12-27-16)18(25)21-7-3-9-24-19(26)23-8-2-1-4-17(23)22-24/h5-6,10-11H,1-4,7-9,12H2,(H,21,25). The number of fused-ring (bicyclic) bond motifs is 2. The molecule has 2 aromatic rings. The molecular weight excluding hydrogens is 368 g/mol. The van der Waals surface area contributed by atoms with Crippen molar-refractivity contribution in [2.24, 2.45) is 0 Å². The van der Waals surface area contributed by atoms with Crippen LogP contribution in [0.15, 0.2) is 28.6 Å². The maximum Gasteiger partial charge on any atom is 0.345 e. The molecule has 0 unspecified atom stereocenters. The molecule has 1 N–H and O–H groups in total. The number of hydrogen-bond donors (Lipinski definition) is 1. The predicted molar refractivity (Wildman–Crippen MR) is 102 cm³/mol. The Hall–Kier alpha value is -2.54. The third-order valence-electron chi connectivity index (χ3n) is 4.84. The van der Waals surface area contributed by atoms with E-state index in [1.54, 1.807) is 28.8 Å². The minimum absolute atomic E-state index is 0.0482. The van der Waals surface area contributed by atoms with Crippen LogP contribution in [0.5, 0.6) is 5.75 Å².